The second-order valence-corrected chi connectivity index (χ2v) is 7.42. The van der Waals surface area contributed by atoms with E-state index in [1.807, 2.05) is 0 Å². The molecule has 0 aliphatic carbocycles. The summed E-state index contributed by atoms with van der Waals surface area (Å²) in [5, 5.41) is 22.0. The molecule has 0 radical (unpaired) electrons. The Hall–Kier alpha value is -3.74. The minimum absolute atomic E-state index is 0.137. The second-order valence-electron chi connectivity index (χ2n) is 7.42. The quantitative estimate of drug-likeness (QED) is 0.455. The molecule has 33 heavy (non-hydrogen) atoms. The maximum Gasteiger partial charge on any atom is 0.416 e. The lowest BCUT2D eigenvalue weighted by Crippen LogP contribution is -2.43. The van der Waals surface area contributed by atoms with E-state index in [2.05, 4.69) is 20.5 Å². The van der Waals surface area contributed by atoms with Gasteiger partial charge in [-0.25, -0.2) is 18.4 Å². The zero-order valence-corrected chi connectivity index (χ0v) is 16.8. The van der Waals surface area contributed by atoms with Gasteiger partial charge in [-0.05, 0) is 41.6 Å². The van der Waals surface area contributed by atoms with Crippen molar-refractivity contribution in [2.24, 2.45) is 0 Å². The second kappa shape index (κ2) is 7.99. The molecule has 8 nitrogen and oxygen atoms in total. The number of aromatic nitrogens is 6. The first kappa shape index (κ1) is 22.5. The van der Waals surface area contributed by atoms with Crippen molar-refractivity contribution in [2.75, 3.05) is 0 Å². The van der Waals surface area contributed by atoms with Gasteiger partial charge in [-0.3, -0.25) is 9.36 Å². The fraction of sp³-hybridized carbons (Fsp3) is 0.250. The molecule has 172 valence electrons. The molecule has 2 aromatic carbocycles. The summed E-state index contributed by atoms with van der Waals surface area (Å²) < 4.78 is 69.2. The molecule has 1 N–H and O–H groups in total. The Morgan fingerprint density at radius 3 is 2.48 bits per heavy atom. The molecule has 4 aromatic rings. The van der Waals surface area contributed by atoms with E-state index in [4.69, 9.17) is 0 Å². The van der Waals surface area contributed by atoms with Crippen LogP contribution in [-0.4, -0.2) is 34.9 Å². The van der Waals surface area contributed by atoms with Gasteiger partial charge >= 0.3 is 6.18 Å². The van der Waals surface area contributed by atoms with Crippen molar-refractivity contribution in [2.45, 2.75) is 31.3 Å². The molecule has 2 aromatic heterocycles. The molecular formula is C20H15F5N6O2. The number of hydrogen-bond donors (Lipinski definition) is 1. The van der Waals surface area contributed by atoms with Gasteiger partial charge in [0, 0.05) is 11.6 Å². The minimum atomic E-state index is -4.62. The van der Waals surface area contributed by atoms with Crippen molar-refractivity contribution in [1.29, 1.82) is 0 Å². The fourth-order valence-electron chi connectivity index (χ4n) is 3.60. The van der Waals surface area contributed by atoms with Crippen molar-refractivity contribution < 1.29 is 27.1 Å². The van der Waals surface area contributed by atoms with Crippen molar-refractivity contribution in [3.05, 3.63) is 82.2 Å². The van der Waals surface area contributed by atoms with Crippen LogP contribution in [0.4, 0.5) is 22.0 Å². The third kappa shape index (κ3) is 4.06. The minimum Gasteiger partial charge on any atom is -0.381 e. The van der Waals surface area contributed by atoms with Crippen LogP contribution < -0.4 is 5.56 Å². The summed E-state index contributed by atoms with van der Waals surface area (Å²) in [6.45, 7) is 0.952. The number of benzene rings is 2. The van der Waals surface area contributed by atoms with Crippen LogP contribution in [0.25, 0.3) is 10.9 Å². The molecule has 0 amide bonds. The Morgan fingerprint density at radius 1 is 1.09 bits per heavy atom. The largest absolute Gasteiger partial charge is 0.416 e. The van der Waals surface area contributed by atoms with E-state index in [1.54, 1.807) is 0 Å². The van der Waals surface area contributed by atoms with Crippen LogP contribution in [0.1, 0.15) is 24.1 Å². The Bertz CT molecular complexity index is 1370. The van der Waals surface area contributed by atoms with Gasteiger partial charge in [0.2, 0.25) is 0 Å². The van der Waals surface area contributed by atoms with E-state index in [0.29, 0.717) is 6.07 Å². The number of tetrazole rings is 1. The molecule has 0 spiro atoms. The average molecular weight is 466 g/mol. The first-order valence-corrected chi connectivity index (χ1v) is 9.47. The summed E-state index contributed by atoms with van der Waals surface area (Å²) in [7, 11) is 0. The number of fused-ring (bicyclic) bond motifs is 1. The Balaban J connectivity index is 1.86. The molecule has 0 aliphatic heterocycles. The molecule has 0 aliphatic rings. The molecule has 13 heteroatoms. The zero-order chi connectivity index (χ0) is 24.0. The molecule has 0 saturated carbocycles. The standard InChI is InChI=1S/C20H15F5N6O2/c1-11(31-9-26-17-6-12(20(23,24)25)2-4-14(17)18(31)32)19(33,8-30-10-27-28-29-30)15-5-3-13(21)7-16(15)22/h2-7,9-11,33H,8H2,1H3/t11-,19-/m1/s1. The summed E-state index contributed by atoms with van der Waals surface area (Å²) in [5.74, 6) is -1.95. The maximum absolute atomic E-state index is 14.7. The summed E-state index contributed by atoms with van der Waals surface area (Å²) >= 11 is 0. The van der Waals surface area contributed by atoms with Crippen LogP contribution in [0.2, 0.25) is 0 Å². The Kier molecular flexibility index (Phi) is 5.44. The van der Waals surface area contributed by atoms with Gasteiger partial charge in [0.25, 0.3) is 5.56 Å². The summed E-state index contributed by atoms with van der Waals surface area (Å²) in [6.07, 6.45) is -2.51. The number of alkyl halides is 3. The summed E-state index contributed by atoms with van der Waals surface area (Å²) in [4.78, 5) is 17.0. The monoisotopic (exact) mass is 466 g/mol. The van der Waals surface area contributed by atoms with Crippen molar-refractivity contribution in [1.82, 2.24) is 29.8 Å². The lowest BCUT2D eigenvalue weighted by molar-refractivity contribution is -0.137. The predicted molar refractivity (Wildman–Crippen MR) is 104 cm³/mol. The van der Waals surface area contributed by atoms with Crippen molar-refractivity contribution in [3.63, 3.8) is 0 Å². The summed E-state index contributed by atoms with van der Waals surface area (Å²) in [5.41, 5.74) is -4.46. The molecule has 0 saturated heterocycles. The van der Waals surface area contributed by atoms with Gasteiger partial charge in [0.15, 0.2) is 0 Å². The topological polar surface area (TPSA) is 98.7 Å². The lowest BCUT2D eigenvalue weighted by Gasteiger charge is -2.35. The molecule has 2 heterocycles. The van der Waals surface area contributed by atoms with E-state index in [9.17, 15) is 31.9 Å². The van der Waals surface area contributed by atoms with Crippen LogP contribution >= 0.6 is 0 Å². The molecule has 0 bridgehead atoms. The number of halogens is 5. The smallest absolute Gasteiger partial charge is 0.381 e. The normalized spacial score (nSPS) is 14.9. The number of hydrogen-bond acceptors (Lipinski definition) is 6. The predicted octanol–water partition coefficient (Wildman–Crippen LogP) is 2.83. The van der Waals surface area contributed by atoms with Gasteiger partial charge in [-0.1, -0.05) is 6.07 Å². The van der Waals surface area contributed by atoms with E-state index in [0.717, 1.165) is 52.2 Å². The first-order valence-electron chi connectivity index (χ1n) is 9.47. The van der Waals surface area contributed by atoms with E-state index in [-0.39, 0.29) is 16.5 Å². The highest BCUT2D eigenvalue weighted by Gasteiger charge is 2.41. The van der Waals surface area contributed by atoms with Gasteiger partial charge in [0.1, 0.15) is 23.6 Å². The van der Waals surface area contributed by atoms with E-state index in [1.165, 1.54) is 6.92 Å². The summed E-state index contributed by atoms with van der Waals surface area (Å²) in [6, 6.07) is 3.78. The zero-order valence-electron chi connectivity index (χ0n) is 16.8. The highest BCUT2D eigenvalue weighted by atomic mass is 19.4. The van der Waals surface area contributed by atoms with Gasteiger partial charge in [-0.2, -0.15) is 13.2 Å². The molecule has 0 unspecified atom stereocenters. The maximum atomic E-state index is 14.7. The van der Waals surface area contributed by atoms with Crippen LogP contribution in [0, 0.1) is 11.6 Å². The third-order valence-corrected chi connectivity index (χ3v) is 5.41. The first-order chi connectivity index (χ1) is 15.5. The molecule has 4 rings (SSSR count). The van der Waals surface area contributed by atoms with Gasteiger partial charge in [0.05, 0.1) is 35.4 Å². The Labute approximate surface area is 181 Å². The fourth-order valence-corrected chi connectivity index (χ4v) is 3.60. The molecular weight excluding hydrogens is 451 g/mol. The van der Waals surface area contributed by atoms with Crippen molar-refractivity contribution in [3.8, 4) is 0 Å². The number of nitrogens with zero attached hydrogens (tertiary/aromatic N) is 6. The number of aliphatic hydroxyl groups is 1. The van der Waals surface area contributed by atoms with Crippen LogP contribution in [-0.2, 0) is 18.3 Å². The van der Waals surface area contributed by atoms with Gasteiger partial charge in [-0.15, -0.1) is 5.10 Å². The average Bonchev–Trinajstić information content (AvgIpc) is 3.25. The number of rotatable bonds is 5. The highest BCUT2D eigenvalue weighted by molar-refractivity contribution is 5.78. The van der Waals surface area contributed by atoms with Gasteiger partial charge < -0.3 is 5.11 Å². The Morgan fingerprint density at radius 2 is 1.85 bits per heavy atom. The van der Waals surface area contributed by atoms with Crippen LogP contribution in [0.5, 0.6) is 0 Å². The third-order valence-electron chi connectivity index (χ3n) is 5.41. The van der Waals surface area contributed by atoms with Crippen LogP contribution in [0.15, 0.2) is 53.8 Å². The lowest BCUT2D eigenvalue weighted by atomic mass is 9.86. The van der Waals surface area contributed by atoms with E-state index >= 15 is 0 Å². The van der Waals surface area contributed by atoms with Crippen LogP contribution in [0.3, 0.4) is 0 Å². The van der Waals surface area contributed by atoms with Crippen molar-refractivity contribution >= 4 is 10.9 Å². The molecule has 2 atom stereocenters. The molecule has 0 fully saturated rings. The highest BCUT2D eigenvalue weighted by Crippen LogP contribution is 2.36. The SMILES string of the molecule is C[C@@H](n1cnc2cc(C(F)(F)F)ccc2c1=O)[C@](O)(Cn1cnnn1)c1ccc(F)cc1F. The van der Waals surface area contributed by atoms with E-state index < -0.39 is 47.1 Å².